The summed E-state index contributed by atoms with van der Waals surface area (Å²) in [5.74, 6) is 1.58. The van der Waals surface area contributed by atoms with E-state index in [0.29, 0.717) is 19.6 Å². The molecule has 0 spiro atoms. The number of nitrogens with zero attached hydrogens (tertiary/aromatic N) is 4. The number of rotatable bonds is 6. The van der Waals surface area contributed by atoms with Crippen LogP contribution in [0, 0.1) is 13.8 Å². The average Bonchev–Trinajstić information content (AvgIpc) is 3.20. The molecule has 2 saturated heterocycles. The second-order valence-electron chi connectivity index (χ2n) is 7.49. The summed E-state index contributed by atoms with van der Waals surface area (Å²) in [6.45, 7) is 5.99. The third-order valence-corrected chi connectivity index (χ3v) is 5.40. The number of aromatic nitrogens is 2. The largest absolute Gasteiger partial charge is 0.497 e. The van der Waals surface area contributed by atoms with Gasteiger partial charge in [-0.25, -0.2) is 14.8 Å². The highest BCUT2D eigenvalue weighted by atomic mass is 16.6. The number of anilines is 1. The zero-order valence-electron chi connectivity index (χ0n) is 16.6. The molecule has 2 aliphatic rings. The van der Waals surface area contributed by atoms with Crippen LogP contribution in [0.15, 0.2) is 30.3 Å². The molecule has 1 amide bonds. The first-order valence-electron chi connectivity index (χ1n) is 9.71. The third-order valence-electron chi connectivity index (χ3n) is 5.40. The van der Waals surface area contributed by atoms with Crippen molar-refractivity contribution in [2.45, 2.75) is 38.8 Å². The molecule has 1 aromatic heterocycles. The summed E-state index contributed by atoms with van der Waals surface area (Å²) in [4.78, 5) is 25.4. The lowest BCUT2D eigenvalue weighted by molar-refractivity contribution is 0.135. The fourth-order valence-electron chi connectivity index (χ4n) is 4.02. The van der Waals surface area contributed by atoms with E-state index in [1.807, 2.05) is 36.9 Å². The van der Waals surface area contributed by atoms with Gasteiger partial charge in [0.15, 0.2) is 0 Å². The molecule has 1 aromatic carbocycles. The minimum absolute atomic E-state index is 0.0628. The molecule has 2 atom stereocenters. The Labute approximate surface area is 165 Å². The maximum absolute atomic E-state index is 12.3. The van der Waals surface area contributed by atoms with E-state index in [1.165, 1.54) is 5.56 Å². The summed E-state index contributed by atoms with van der Waals surface area (Å²) < 4.78 is 10.8. The van der Waals surface area contributed by atoms with Gasteiger partial charge >= 0.3 is 6.09 Å². The number of benzene rings is 1. The fraction of sp³-hybridized carbons (Fsp3) is 0.476. The number of carbonyl (C=O) groups is 1. The van der Waals surface area contributed by atoms with E-state index in [2.05, 4.69) is 27.0 Å². The molecule has 148 valence electrons. The number of ether oxygens (including phenoxy) is 2. The van der Waals surface area contributed by atoms with Gasteiger partial charge in [0.1, 0.15) is 11.9 Å². The van der Waals surface area contributed by atoms with E-state index in [4.69, 9.17) is 9.47 Å². The number of hydrogen-bond acceptors (Lipinski definition) is 6. The van der Waals surface area contributed by atoms with Gasteiger partial charge in [-0.1, -0.05) is 12.1 Å². The SMILES string of the molecule is COc1ccc(CCCN2C(=O)O[C@@H]3CN(c4nc(C)cc(C)n4)C[C@@H]32)cc1. The van der Waals surface area contributed by atoms with Crippen molar-refractivity contribution in [3.05, 3.63) is 47.3 Å². The lowest BCUT2D eigenvalue weighted by Crippen LogP contribution is -2.39. The van der Waals surface area contributed by atoms with E-state index >= 15 is 0 Å². The summed E-state index contributed by atoms with van der Waals surface area (Å²) in [6.07, 6.45) is 1.49. The molecular formula is C21H26N4O3. The number of hydrogen-bond donors (Lipinski definition) is 0. The van der Waals surface area contributed by atoms with Crippen LogP contribution in [0.25, 0.3) is 0 Å². The molecule has 28 heavy (non-hydrogen) atoms. The highest BCUT2D eigenvalue weighted by Gasteiger charge is 2.48. The molecule has 0 N–H and O–H groups in total. The summed E-state index contributed by atoms with van der Waals surface area (Å²) in [7, 11) is 1.67. The van der Waals surface area contributed by atoms with Gasteiger partial charge in [0.25, 0.3) is 0 Å². The van der Waals surface area contributed by atoms with Crippen molar-refractivity contribution in [3.8, 4) is 5.75 Å². The van der Waals surface area contributed by atoms with Crippen LogP contribution in [0.1, 0.15) is 23.4 Å². The lowest BCUT2D eigenvalue weighted by atomic mass is 10.1. The Morgan fingerprint density at radius 2 is 1.86 bits per heavy atom. The minimum atomic E-state index is -0.203. The maximum Gasteiger partial charge on any atom is 0.410 e. The minimum Gasteiger partial charge on any atom is -0.497 e. The van der Waals surface area contributed by atoms with E-state index in [9.17, 15) is 4.79 Å². The predicted molar refractivity (Wildman–Crippen MR) is 106 cm³/mol. The Bertz CT molecular complexity index is 835. The highest BCUT2D eigenvalue weighted by molar-refractivity contribution is 5.71. The Morgan fingerprint density at radius 3 is 2.54 bits per heavy atom. The van der Waals surface area contributed by atoms with Crippen LogP contribution in [0.5, 0.6) is 5.75 Å². The van der Waals surface area contributed by atoms with Crippen LogP contribution in [0.2, 0.25) is 0 Å². The molecule has 0 saturated carbocycles. The predicted octanol–water partition coefficient (Wildman–Crippen LogP) is 2.74. The quantitative estimate of drug-likeness (QED) is 0.765. The molecule has 0 aliphatic carbocycles. The first kappa shape index (κ1) is 18.5. The molecule has 7 nitrogen and oxygen atoms in total. The lowest BCUT2D eigenvalue weighted by Gasteiger charge is -2.22. The van der Waals surface area contributed by atoms with Crippen LogP contribution >= 0.6 is 0 Å². The second-order valence-corrected chi connectivity index (χ2v) is 7.49. The van der Waals surface area contributed by atoms with Crippen LogP contribution in [0.4, 0.5) is 10.7 Å². The molecule has 0 bridgehead atoms. The molecular weight excluding hydrogens is 356 g/mol. The van der Waals surface area contributed by atoms with E-state index < -0.39 is 0 Å². The maximum atomic E-state index is 12.3. The van der Waals surface area contributed by atoms with Gasteiger partial charge in [-0.05, 0) is 50.5 Å². The van der Waals surface area contributed by atoms with Crippen molar-refractivity contribution < 1.29 is 14.3 Å². The standard InChI is InChI=1S/C21H26N4O3/c1-14-11-15(2)23-20(22-14)24-12-18-19(13-24)28-21(26)25(18)10-4-5-16-6-8-17(27-3)9-7-16/h6-9,11,18-19H,4-5,10,12-13H2,1-3H3/t18-,19+/m0/s1. The van der Waals surface area contributed by atoms with Crippen LogP contribution in [-0.2, 0) is 11.2 Å². The first-order valence-corrected chi connectivity index (χ1v) is 9.71. The Balaban J connectivity index is 1.36. The summed E-state index contributed by atoms with van der Waals surface area (Å²) in [6, 6.07) is 10.1. The zero-order chi connectivity index (χ0) is 19.7. The molecule has 0 radical (unpaired) electrons. The molecule has 2 fully saturated rings. The highest BCUT2D eigenvalue weighted by Crippen LogP contribution is 2.29. The van der Waals surface area contributed by atoms with Gasteiger partial charge in [-0.3, -0.25) is 4.90 Å². The topological polar surface area (TPSA) is 67.8 Å². The Kier molecular flexibility index (Phi) is 5.07. The van der Waals surface area contributed by atoms with Crippen molar-refractivity contribution in [3.63, 3.8) is 0 Å². The zero-order valence-corrected chi connectivity index (χ0v) is 16.6. The third kappa shape index (κ3) is 3.74. The number of fused-ring (bicyclic) bond motifs is 1. The van der Waals surface area contributed by atoms with E-state index in [1.54, 1.807) is 7.11 Å². The number of methoxy groups -OCH3 is 1. The van der Waals surface area contributed by atoms with Crippen molar-refractivity contribution >= 4 is 12.0 Å². The number of amides is 1. The van der Waals surface area contributed by atoms with Gasteiger partial charge in [0.05, 0.1) is 19.7 Å². The van der Waals surface area contributed by atoms with Gasteiger partial charge in [0, 0.05) is 24.5 Å². The van der Waals surface area contributed by atoms with Crippen molar-refractivity contribution in [2.24, 2.45) is 0 Å². The normalized spacial score (nSPS) is 21.0. The number of carbonyl (C=O) groups excluding carboxylic acids is 1. The average molecular weight is 382 g/mol. The Hall–Kier alpha value is -2.83. The molecule has 2 aliphatic heterocycles. The summed E-state index contributed by atoms with van der Waals surface area (Å²) >= 11 is 0. The Morgan fingerprint density at radius 1 is 1.14 bits per heavy atom. The van der Waals surface area contributed by atoms with Crippen molar-refractivity contribution in [1.29, 1.82) is 0 Å². The second kappa shape index (κ2) is 7.66. The van der Waals surface area contributed by atoms with Crippen LogP contribution in [0.3, 0.4) is 0 Å². The fourth-order valence-corrected chi connectivity index (χ4v) is 4.02. The van der Waals surface area contributed by atoms with E-state index in [0.717, 1.165) is 35.9 Å². The van der Waals surface area contributed by atoms with Gasteiger partial charge in [0.2, 0.25) is 5.95 Å². The molecule has 7 heteroatoms. The molecule has 4 rings (SSSR count). The van der Waals surface area contributed by atoms with E-state index in [-0.39, 0.29) is 18.2 Å². The molecule has 0 unspecified atom stereocenters. The van der Waals surface area contributed by atoms with Crippen molar-refractivity contribution in [2.75, 3.05) is 31.6 Å². The van der Waals surface area contributed by atoms with Crippen molar-refractivity contribution in [1.82, 2.24) is 14.9 Å². The van der Waals surface area contributed by atoms with Gasteiger partial charge in [-0.2, -0.15) is 0 Å². The number of aryl methyl sites for hydroxylation is 3. The van der Waals surface area contributed by atoms with Crippen LogP contribution in [-0.4, -0.2) is 59.9 Å². The smallest absolute Gasteiger partial charge is 0.410 e. The van der Waals surface area contributed by atoms with Gasteiger partial charge < -0.3 is 14.4 Å². The molecule has 3 heterocycles. The monoisotopic (exact) mass is 382 g/mol. The molecule has 2 aromatic rings. The summed E-state index contributed by atoms with van der Waals surface area (Å²) in [5, 5.41) is 0. The summed E-state index contributed by atoms with van der Waals surface area (Å²) in [5.41, 5.74) is 3.14. The van der Waals surface area contributed by atoms with Gasteiger partial charge in [-0.15, -0.1) is 0 Å². The van der Waals surface area contributed by atoms with Crippen LogP contribution < -0.4 is 9.64 Å². The first-order chi connectivity index (χ1) is 13.5.